The SMILES string of the molecule is CC1(CCO/C(=C/CO)C(N)=O)CO1. The van der Waals surface area contributed by atoms with Crippen molar-refractivity contribution in [1.29, 1.82) is 0 Å². The summed E-state index contributed by atoms with van der Waals surface area (Å²) in [7, 11) is 0. The summed E-state index contributed by atoms with van der Waals surface area (Å²) in [6, 6.07) is 0. The van der Waals surface area contributed by atoms with Gasteiger partial charge in [-0.3, -0.25) is 4.79 Å². The van der Waals surface area contributed by atoms with E-state index in [4.69, 9.17) is 20.3 Å². The van der Waals surface area contributed by atoms with Crippen molar-refractivity contribution in [1.82, 2.24) is 0 Å². The third kappa shape index (κ3) is 3.35. The predicted molar refractivity (Wildman–Crippen MR) is 49.3 cm³/mol. The molecule has 0 bridgehead atoms. The molecule has 5 nitrogen and oxygen atoms in total. The Balaban J connectivity index is 2.26. The van der Waals surface area contributed by atoms with Crippen LogP contribution < -0.4 is 5.73 Å². The summed E-state index contributed by atoms with van der Waals surface area (Å²) in [6.45, 7) is 2.80. The molecule has 5 heteroatoms. The first kappa shape index (κ1) is 11.0. The summed E-state index contributed by atoms with van der Waals surface area (Å²) >= 11 is 0. The molecule has 0 radical (unpaired) electrons. The smallest absolute Gasteiger partial charge is 0.283 e. The van der Waals surface area contributed by atoms with Crippen molar-refractivity contribution in [3.05, 3.63) is 11.8 Å². The normalized spacial score (nSPS) is 26.0. The van der Waals surface area contributed by atoms with E-state index in [1.54, 1.807) is 0 Å². The number of hydrogen-bond acceptors (Lipinski definition) is 4. The van der Waals surface area contributed by atoms with Crippen molar-refractivity contribution in [2.24, 2.45) is 5.73 Å². The number of epoxide rings is 1. The molecule has 1 heterocycles. The van der Waals surface area contributed by atoms with Gasteiger partial charge in [0, 0.05) is 6.42 Å². The van der Waals surface area contributed by atoms with Crippen molar-refractivity contribution in [2.75, 3.05) is 19.8 Å². The fourth-order valence-corrected chi connectivity index (χ4v) is 0.958. The van der Waals surface area contributed by atoms with Crippen molar-refractivity contribution >= 4 is 5.91 Å². The predicted octanol–water partition coefficient (Wildman–Crippen LogP) is -0.457. The van der Waals surface area contributed by atoms with Gasteiger partial charge in [0.2, 0.25) is 0 Å². The Labute approximate surface area is 82.5 Å². The Hall–Kier alpha value is -1.07. The van der Waals surface area contributed by atoms with E-state index < -0.39 is 5.91 Å². The number of nitrogens with two attached hydrogens (primary N) is 1. The minimum absolute atomic E-state index is 0.0109. The van der Waals surface area contributed by atoms with Crippen LogP contribution in [0.5, 0.6) is 0 Å². The molecule has 14 heavy (non-hydrogen) atoms. The third-order valence-electron chi connectivity index (χ3n) is 2.05. The van der Waals surface area contributed by atoms with E-state index in [9.17, 15) is 4.79 Å². The van der Waals surface area contributed by atoms with Crippen molar-refractivity contribution in [3.63, 3.8) is 0 Å². The average molecular weight is 201 g/mol. The van der Waals surface area contributed by atoms with Crippen molar-refractivity contribution in [2.45, 2.75) is 18.9 Å². The number of primary amides is 1. The number of aliphatic hydroxyl groups excluding tert-OH is 1. The Morgan fingerprint density at radius 1 is 1.79 bits per heavy atom. The van der Waals surface area contributed by atoms with Gasteiger partial charge in [-0.2, -0.15) is 0 Å². The first-order chi connectivity index (χ1) is 6.57. The molecule has 80 valence electrons. The molecule has 0 aliphatic carbocycles. The Morgan fingerprint density at radius 2 is 2.43 bits per heavy atom. The van der Waals surface area contributed by atoms with E-state index in [-0.39, 0.29) is 18.0 Å². The zero-order valence-corrected chi connectivity index (χ0v) is 8.16. The van der Waals surface area contributed by atoms with Gasteiger partial charge in [-0.1, -0.05) is 0 Å². The monoisotopic (exact) mass is 201 g/mol. The summed E-state index contributed by atoms with van der Waals surface area (Å²) in [4.78, 5) is 10.7. The van der Waals surface area contributed by atoms with E-state index in [1.807, 2.05) is 6.92 Å². The van der Waals surface area contributed by atoms with E-state index >= 15 is 0 Å². The topological polar surface area (TPSA) is 85.1 Å². The van der Waals surface area contributed by atoms with Gasteiger partial charge in [-0.15, -0.1) is 0 Å². The summed E-state index contributed by atoms with van der Waals surface area (Å²) in [5, 5.41) is 8.57. The van der Waals surface area contributed by atoms with Gasteiger partial charge in [0.05, 0.1) is 25.4 Å². The lowest BCUT2D eigenvalue weighted by Gasteiger charge is -2.08. The van der Waals surface area contributed by atoms with Gasteiger partial charge >= 0.3 is 0 Å². The summed E-state index contributed by atoms with van der Waals surface area (Å²) < 4.78 is 10.2. The van der Waals surface area contributed by atoms with Gasteiger partial charge in [-0.05, 0) is 13.0 Å². The molecule has 1 rings (SSSR count). The van der Waals surface area contributed by atoms with Crippen LogP contribution in [0.1, 0.15) is 13.3 Å². The van der Waals surface area contributed by atoms with Crippen LogP contribution in [-0.4, -0.2) is 36.4 Å². The minimum Gasteiger partial charge on any atom is -0.488 e. The molecule has 1 atom stereocenters. The lowest BCUT2D eigenvalue weighted by Crippen LogP contribution is -2.19. The molecule has 1 unspecified atom stereocenters. The highest BCUT2D eigenvalue weighted by atomic mass is 16.6. The Morgan fingerprint density at radius 3 is 2.86 bits per heavy atom. The number of carbonyl (C=O) groups excluding carboxylic acids is 1. The first-order valence-corrected chi connectivity index (χ1v) is 4.45. The third-order valence-corrected chi connectivity index (χ3v) is 2.05. The van der Waals surface area contributed by atoms with Crippen LogP contribution >= 0.6 is 0 Å². The highest BCUT2D eigenvalue weighted by molar-refractivity contribution is 5.89. The van der Waals surface area contributed by atoms with Crippen LogP contribution in [0.3, 0.4) is 0 Å². The number of ether oxygens (including phenoxy) is 2. The average Bonchev–Trinajstić information content (AvgIpc) is 2.82. The fraction of sp³-hybridized carbons (Fsp3) is 0.667. The molecule has 1 saturated heterocycles. The molecule has 0 spiro atoms. The second-order valence-electron chi connectivity index (χ2n) is 3.45. The molecule has 0 aromatic heterocycles. The van der Waals surface area contributed by atoms with Crippen LogP contribution in [0.25, 0.3) is 0 Å². The Bertz CT molecular complexity index is 245. The first-order valence-electron chi connectivity index (χ1n) is 4.45. The van der Waals surface area contributed by atoms with Gasteiger partial charge in [0.25, 0.3) is 5.91 Å². The molecular weight excluding hydrogens is 186 g/mol. The molecule has 1 aliphatic heterocycles. The molecule has 0 aromatic rings. The van der Waals surface area contributed by atoms with E-state index in [0.29, 0.717) is 13.0 Å². The summed E-state index contributed by atoms with van der Waals surface area (Å²) in [5.74, 6) is -0.655. The summed E-state index contributed by atoms with van der Waals surface area (Å²) in [5.41, 5.74) is 4.92. The fourth-order valence-electron chi connectivity index (χ4n) is 0.958. The summed E-state index contributed by atoms with van der Waals surface area (Å²) in [6.07, 6.45) is 1.96. The van der Waals surface area contributed by atoms with E-state index in [0.717, 1.165) is 6.61 Å². The maximum Gasteiger partial charge on any atom is 0.283 e. The highest BCUT2D eigenvalue weighted by Gasteiger charge is 2.38. The highest BCUT2D eigenvalue weighted by Crippen LogP contribution is 2.29. The molecule has 1 amide bonds. The second kappa shape index (κ2) is 4.43. The second-order valence-corrected chi connectivity index (χ2v) is 3.45. The standard InChI is InChI=1S/C9H15NO4/c1-9(6-14-9)3-5-13-7(2-4-11)8(10)12/h2,11H,3-6H2,1H3,(H2,10,12)/b7-2+. The number of hydrogen-bond donors (Lipinski definition) is 2. The molecule has 1 aliphatic rings. The van der Waals surface area contributed by atoms with Crippen LogP contribution in [0.15, 0.2) is 11.8 Å². The lowest BCUT2D eigenvalue weighted by molar-refractivity contribution is -0.118. The molecule has 1 fully saturated rings. The van der Waals surface area contributed by atoms with Crippen LogP contribution in [0.4, 0.5) is 0 Å². The zero-order chi connectivity index (χ0) is 10.6. The Kier molecular flexibility index (Phi) is 3.49. The number of aliphatic hydroxyl groups is 1. The van der Waals surface area contributed by atoms with Crippen LogP contribution in [0.2, 0.25) is 0 Å². The molecule has 0 aromatic carbocycles. The van der Waals surface area contributed by atoms with Gasteiger partial charge in [-0.25, -0.2) is 0 Å². The minimum atomic E-state index is -0.666. The zero-order valence-electron chi connectivity index (χ0n) is 8.16. The van der Waals surface area contributed by atoms with Gasteiger partial charge in [0.15, 0.2) is 5.76 Å². The lowest BCUT2D eigenvalue weighted by atomic mass is 10.1. The van der Waals surface area contributed by atoms with Gasteiger partial charge < -0.3 is 20.3 Å². The maximum absolute atomic E-state index is 10.7. The van der Waals surface area contributed by atoms with Gasteiger partial charge in [0.1, 0.15) is 0 Å². The number of amides is 1. The van der Waals surface area contributed by atoms with Crippen LogP contribution in [-0.2, 0) is 14.3 Å². The maximum atomic E-state index is 10.7. The molecular formula is C9H15NO4. The van der Waals surface area contributed by atoms with E-state index in [2.05, 4.69) is 0 Å². The van der Waals surface area contributed by atoms with Crippen molar-refractivity contribution < 1.29 is 19.4 Å². The molecule has 0 saturated carbocycles. The molecule has 3 N–H and O–H groups in total. The number of rotatable bonds is 6. The van der Waals surface area contributed by atoms with E-state index in [1.165, 1.54) is 6.08 Å². The van der Waals surface area contributed by atoms with Crippen molar-refractivity contribution in [3.8, 4) is 0 Å². The quantitative estimate of drug-likeness (QED) is 0.346. The largest absolute Gasteiger partial charge is 0.488 e. The van der Waals surface area contributed by atoms with Crippen LogP contribution in [0, 0.1) is 0 Å². The number of carbonyl (C=O) groups is 1.